The van der Waals surface area contributed by atoms with Gasteiger partial charge < -0.3 is 9.80 Å². The number of hydrogen-bond acceptors (Lipinski definition) is 3. The smallest absolute Gasteiger partial charge is 0.0991 e. The largest absolute Gasteiger partial charge is 0.345 e. The molecule has 4 rings (SSSR count). The number of nitrogens with zero attached hydrogens (tertiary/aromatic N) is 3. The lowest BCUT2D eigenvalue weighted by Crippen LogP contribution is -2.12. The summed E-state index contributed by atoms with van der Waals surface area (Å²) in [6.07, 6.45) is 0. The van der Waals surface area contributed by atoms with E-state index in [1.54, 1.807) is 0 Å². The third-order valence-corrected chi connectivity index (χ3v) is 5.46. The zero-order valence-electron chi connectivity index (χ0n) is 18.1. The molecule has 0 saturated heterocycles. The molecule has 0 saturated carbocycles. The van der Waals surface area contributed by atoms with Crippen molar-refractivity contribution >= 4 is 28.4 Å². The molecule has 0 N–H and O–H groups in total. The van der Waals surface area contributed by atoms with Gasteiger partial charge in [-0.05, 0) is 86.6 Å². The fourth-order valence-corrected chi connectivity index (χ4v) is 3.57. The van der Waals surface area contributed by atoms with Gasteiger partial charge in [-0.2, -0.15) is 5.26 Å². The van der Waals surface area contributed by atoms with Crippen LogP contribution in [-0.2, 0) is 0 Å². The molecule has 0 radical (unpaired) electrons. The van der Waals surface area contributed by atoms with Crippen molar-refractivity contribution in [3.05, 3.63) is 114 Å². The fourth-order valence-electron chi connectivity index (χ4n) is 3.57. The Hall–Kier alpha value is -4.03. The van der Waals surface area contributed by atoms with Crippen LogP contribution < -0.4 is 9.80 Å². The molecule has 0 aliphatic heterocycles. The summed E-state index contributed by atoms with van der Waals surface area (Å²) in [5.41, 5.74) is 8.63. The van der Waals surface area contributed by atoms with E-state index in [1.807, 2.05) is 31.3 Å². The van der Waals surface area contributed by atoms with Crippen LogP contribution in [0.25, 0.3) is 0 Å². The highest BCUT2D eigenvalue weighted by Crippen LogP contribution is 2.36. The van der Waals surface area contributed by atoms with Crippen LogP contribution in [0.1, 0.15) is 16.7 Å². The minimum atomic E-state index is 0.666. The summed E-state index contributed by atoms with van der Waals surface area (Å²) >= 11 is 0. The molecule has 4 aromatic carbocycles. The fraction of sp³-hybridized carbons (Fsp3) is 0.107. The number of hydrogen-bond donors (Lipinski definition) is 0. The highest BCUT2D eigenvalue weighted by molar-refractivity contribution is 5.78. The topological polar surface area (TPSA) is 30.3 Å². The molecule has 0 aromatic heterocycles. The average Bonchev–Trinajstić information content (AvgIpc) is 2.82. The van der Waals surface area contributed by atoms with Crippen LogP contribution in [0.2, 0.25) is 0 Å². The molecule has 31 heavy (non-hydrogen) atoms. The highest BCUT2D eigenvalue weighted by Gasteiger charge is 2.13. The van der Waals surface area contributed by atoms with Gasteiger partial charge in [-0.15, -0.1) is 0 Å². The van der Waals surface area contributed by atoms with Gasteiger partial charge in [0.25, 0.3) is 0 Å². The molecular weight excluding hydrogens is 378 g/mol. The molecule has 3 heteroatoms. The maximum atomic E-state index is 9.02. The molecule has 4 aromatic rings. The molecule has 0 aliphatic carbocycles. The minimum Gasteiger partial charge on any atom is -0.345 e. The van der Waals surface area contributed by atoms with Gasteiger partial charge in [0.05, 0.1) is 11.6 Å². The van der Waals surface area contributed by atoms with Gasteiger partial charge in [-0.25, -0.2) is 0 Å². The maximum absolute atomic E-state index is 9.02. The van der Waals surface area contributed by atoms with Crippen LogP contribution in [0.15, 0.2) is 97.1 Å². The van der Waals surface area contributed by atoms with E-state index in [-0.39, 0.29) is 0 Å². The van der Waals surface area contributed by atoms with Crippen molar-refractivity contribution < 1.29 is 0 Å². The van der Waals surface area contributed by atoms with E-state index in [1.165, 1.54) is 11.1 Å². The number of nitriles is 1. The Labute approximate surface area is 184 Å². The highest BCUT2D eigenvalue weighted by atomic mass is 15.1. The lowest BCUT2D eigenvalue weighted by Gasteiger charge is -2.27. The van der Waals surface area contributed by atoms with Gasteiger partial charge in [0.2, 0.25) is 0 Å². The van der Waals surface area contributed by atoms with E-state index in [0.29, 0.717) is 5.56 Å². The Morgan fingerprint density at radius 3 is 1.23 bits per heavy atom. The Kier molecular flexibility index (Phi) is 5.73. The molecular formula is C28H25N3. The third kappa shape index (κ3) is 4.44. The predicted octanol–water partition coefficient (Wildman–Crippen LogP) is 7.41. The van der Waals surface area contributed by atoms with Crippen LogP contribution in [0.3, 0.4) is 0 Å². The molecule has 0 atom stereocenters. The van der Waals surface area contributed by atoms with Crippen LogP contribution in [0, 0.1) is 25.2 Å². The number of rotatable bonds is 5. The summed E-state index contributed by atoms with van der Waals surface area (Å²) < 4.78 is 0. The van der Waals surface area contributed by atoms with Crippen LogP contribution in [0.4, 0.5) is 28.4 Å². The van der Waals surface area contributed by atoms with Crippen molar-refractivity contribution in [2.45, 2.75) is 13.8 Å². The van der Waals surface area contributed by atoms with Gasteiger partial charge >= 0.3 is 0 Å². The van der Waals surface area contributed by atoms with Gasteiger partial charge in [-0.1, -0.05) is 35.4 Å². The SMILES string of the molecule is Cc1ccc(N(c2ccc(C)cc2)c2ccc(N(C)c3ccc(C#N)cc3)cc2)cc1. The standard InChI is InChI=1S/C28H25N3/c1-21-4-10-26(11-5-21)31(27-12-6-22(2)7-13-27)28-18-16-25(17-19-28)30(3)24-14-8-23(20-29)9-15-24/h4-19H,1-3H3. The van der Waals surface area contributed by atoms with Crippen LogP contribution >= 0.6 is 0 Å². The summed E-state index contributed by atoms with van der Waals surface area (Å²) in [4.78, 5) is 4.39. The quantitative estimate of drug-likeness (QED) is 0.347. The first-order chi connectivity index (χ1) is 15.0. The lowest BCUT2D eigenvalue weighted by molar-refractivity contribution is 1.20. The number of benzene rings is 4. The zero-order chi connectivity index (χ0) is 21.8. The van der Waals surface area contributed by atoms with Crippen molar-refractivity contribution in [2.24, 2.45) is 0 Å². The summed E-state index contributed by atoms with van der Waals surface area (Å²) in [5.74, 6) is 0. The second-order valence-electron chi connectivity index (χ2n) is 7.74. The van der Waals surface area contributed by atoms with E-state index in [4.69, 9.17) is 5.26 Å². The summed E-state index contributed by atoms with van der Waals surface area (Å²) in [6, 6.07) is 35.6. The van der Waals surface area contributed by atoms with Gasteiger partial charge in [0, 0.05) is 35.5 Å². The molecule has 3 nitrogen and oxygen atoms in total. The molecule has 152 valence electrons. The Morgan fingerprint density at radius 2 is 0.839 bits per heavy atom. The predicted molar refractivity (Wildman–Crippen MR) is 130 cm³/mol. The third-order valence-electron chi connectivity index (χ3n) is 5.46. The second-order valence-corrected chi connectivity index (χ2v) is 7.74. The summed E-state index contributed by atoms with van der Waals surface area (Å²) in [5, 5.41) is 9.02. The molecule has 0 unspecified atom stereocenters. The van der Waals surface area contributed by atoms with E-state index in [9.17, 15) is 0 Å². The molecule has 0 aliphatic rings. The van der Waals surface area contributed by atoms with E-state index < -0.39 is 0 Å². The maximum Gasteiger partial charge on any atom is 0.0991 e. The summed E-state index contributed by atoms with van der Waals surface area (Å²) in [6.45, 7) is 4.21. The Bertz CT molecular complexity index is 1140. The monoisotopic (exact) mass is 403 g/mol. The van der Waals surface area contributed by atoms with Gasteiger partial charge in [0.15, 0.2) is 0 Å². The van der Waals surface area contributed by atoms with Gasteiger partial charge in [-0.3, -0.25) is 0 Å². The van der Waals surface area contributed by atoms with Crippen LogP contribution in [0.5, 0.6) is 0 Å². The molecule has 0 spiro atoms. The van der Waals surface area contributed by atoms with Crippen molar-refractivity contribution in [1.82, 2.24) is 0 Å². The Morgan fingerprint density at radius 1 is 0.516 bits per heavy atom. The van der Waals surface area contributed by atoms with Gasteiger partial charge in [0.1, 0.15) is 0 Å². The molecule has 0 bridgehead atoms. The van der Waals surface area contributed by atoms with Crippen LogP contribution in [-0.4, -0.2) is 7.05 Å². The van der Waals surface area contributed by atoms with E-state index in [0.717, 1.165) is 28.4 Å². The number of anilines is 5. The second kappa shape index (κ2) is 8.77. The van der Waals surface area contributed by atoms with E-state index in [2.05, 4.69) is 103 Å². The molecule has 0 fully saturated rings. The van der Waals surface area contributed by atoms with Crippen molar-refractivity contribution in [2.75, 3.05) is 16.8 Å². The lowest BCUT2D eigenvalue weighted by atomic mass is 10.1. The first-order valence-corrected chi connectivity index (χ1v) is 10.3. The van der Waals surface area contributed by atoms with E-state index >= 15 is 0 Å². The normalized spacial score (nSPS) is 10.4. The van der Waals surface area contributed by atoms with Crippen molar-refractivity contribution in [3.8, 4) is 6.07 Å². The number of aryl methyl sites for hydroxylation is 2. The zero-order valence-corrected chi connectivity index (χ0v) is 18.1. The molecule has 0 heterocycles. The first kappa shape index (κ1) is 20.3. The molecule has 0 amide bonds. The summed E-state index contributed by atoms with van der Waals surface area (Å²) in [7, 11) is 2.04. The van der Waals surface area contributed by atoms with Crippen molar-refractivity contribution in [3.63, 3.8) is 0 Å². The first-order valence-electron chi connectivity index (χ1n) is 10.3. The van der Waals surface area contributed by atoms with Crippen molar-refractivity contribution in [1.29, 1.82) is 5.26 Å². The Balaban J connectivity index is 1.68. The average molecular weight is 404 g/mol. The minimum absolute atomic E-state index is 0.666.